The van der Waals surface area contributed by atoms with Crippen LogP contribution in [0, 0.1) is 6.92 Å². The number of carbonyl (C=O) groups is 1. The van der Waals surface area contributed by atoms with Crippen molar-refractivity contribution in [3.63, 3.8) is 0 Å². The summed E-state index contributed by atoms with van der Waals surface area (Å²) in [7, 11) is 0. The SMILES string of the molecule is C=CCn1c(=NC(=O)Cc2ccc(C)cc2)sc2cc(SC)ccc21. The lowest BCUT2D eigenvalue weighted by atomic mass is 10.1. The fourth-order valence-corrected chi connectivity index (χ4v) is 4.21. The number of aromatic nitrogens is 1. The van der Waals surface area contributed by atoms with E-state index in [1.807, 2.05) is 41.8 Å². The maximum absolute atomic E-state index is 12.4. The minimum absolute atomic E-state index is 0.127. The molecular weight excluding hydrogens is 348 g/mol. The molecule has 0 unspecified atom stereocenters. The number of aryl methyl sites for hydroxylation is 1. The summed E-state index contributed by atoms with van der Waals surface area (Å²) >= 11 is 3.26. The summed E-state index contributed by atoms with van der Waals surface area (Å²) in [5, 5.41) is 0. The lowest BCUT2D eigenvalue weighted by molar-refractivity contribution is -0.117. The molecule has 0 radical (unpaired) electrons. The van der Waals surface area contributed by atoms with E-state index in [4.69, 9.17) is 0 Å². The largest absolute Gasteiger partial charge is 0.313 e. The number of thioether (sulfide) groups is 1. The Morgan fingerprint density at radius 3 is 2.72 bits per heavy atom. The van der Waals surface area contributed by atoms with Crippen molar-refractivity contribution in [2.75, 3.05) is 6.26 Å². The Hall–Kier alpha value is -2.11. The summed E-state index contributed by atoms with van der Waals surface area (Å²) < 4.78 is 3.18. The van der Waals surface area contributed by atoms with Gasteiger partial charge in [-0.1, -0.05) is 47.2 Å². The van der Waals surface area contributed by atoms with Gasteiger partial charge in [-0.15, -0.1) is 18.3 Å². The van der Waals surface area contributed by atoms with Crippen molar-refractivity contribution in [1.82, 2.24) is 4.57 Å². The molecule has 25 heavy (non-hydrogen) atoms. The number of fused-ring (bicyclic) bond motifs is 1. The van der Waals surface area contributed by atoms with Gasteiger partial charge in [0.2, 0.25) is 0 Å². The van der Waals surface area contributed by atoms with Gasteiger partial charge in [-0.2, -0.15) is 4.99 Å². The molecule has 0 aliphatic heterocycles. The van der Waals surface area contributed by atoms with Crippen LogP contribution in [0.5, 0.6) is 0 Å². The molecule has 0 N–H and O–H groups in total. The van der Waals surface area contributed by atoms with Gasteiger partial charge in [0.1, 0.15) is 0 Å². The van der Waals surface area contributed by atoms with Gasteiger partial charge in [-0.3, -0.25) is 4.79 Å². The van der Waals surface area contributed by atoms with E-state index in [1.54, 1.807) is 23.1 Å². The van der Waals surface area contributed by atoms with Crippen LogP contribution in [0.2, 0.25) is 0 Å². The van der Waals surface area contributed by atoms with Crippen LogP contribution in [0.4, 0.5) is 0 Å². The topological polar surface area (TPSA) is 34.4 Å². The maximum atomic E-state index is 12.4. The van der Waals surface area contributed by atoms with Gasteiger partial charge in [0, 0.05) is 11.4 Å². The predicted octanol–water partition coefficient (Wildman–Crippen LogP) is 4.59. The van der Waals surface area contributed by atoms with Crippen LogP contribution in [-0.4, -0.2) is 16.7 Å². The molecule has 0 atom stereocenters. The zero-order valence-corrected chi connectivity index (χ0v) is 16.0. The van der Waals surface area contributed by atoms with Crippen molar-refractivity contribution in [2.24, 2.45) is 4.99 Å². The molecule has 1 amide bonds. The smallest absolute Gasteiger partial charge is 0.252 e. The quantitative estimate of drug-likeness (QED) is 0.488. The molecule has 128 valence electrons. The second-order valence-corrected chi connectivity index (χ2v) is 7.67. The molecule has 1 aromatic heterocycles. The van der Waals surface area contributed by atoms with E-state index in [0.29, 0.717) is 13.0 Å². The third-order valence-corrected chi connectivity index (χ3v) is 5.66. The Balaban J connectivity index is 1.98. The Kier molecular flexibility index (Phi) is 5.56. The standard InChI is InChI=1S/C20H20N2OS2/c1-4-11-22-17-10-9-16(24-3)13-18(17)25-20(22)21-19(23)12-15-7-5-14(2)6-8-15/h4-10,13H,1,11-12H2,2-3H3. The van der Waals surface area contributed by atoms with Gasteiger partial charge in [0.05, 0.1) is 16.6 Å². The first-order chi connectivity index (χ1) is 12.1. The number of hydrogen-bond donors (Lipinski definition) is 0. The highest BCUT2D eigenvalue weighted by Gasteiger charge is 2.08. The molecule has 0 saturated heterocycles. The number of hydrogen-bond acceptors (Lipinski definition) is 3. The Morgan fingerprint density at radius 1 is 1.28 bits per heavy atom. The Bertz CT molecular complexity index is 981. The second kappa shape index (κ2) is 7.85. The summed E-state index contributed by atoms with van der Waals surface area (Å²) in [6.07, 6.45) is 4.21. The minimum Gasteiger partial charge on any atom is -0.313 e. The molecule has 0 saturated carbocycles. The second-order valence-electron chi connectivity index (χ2n) is 5.79. The summed E-state index contributed by atoms with van der Waals surface area (Å²) in [5.41, 5.74) is 3.26. The number of thiazole rings is 1. The molecule has 2 aromatic carbocycles. The third kappa shape index (κ3) is 4.11. The number of benzene rings is 2. The molecule has 0 aliphatic carbocycles. The first-order valence-electron chi connectivity index (χ1n) is 8.02. The van der Waals surface area contributed by atoms with E-state index in [2.05, 4.69) is 36.0 Å². The molecule has 0 spiro atoms. The first-order valence-corrected chi connectivity index (χ1v) is 10.1. The number of carbonyl (C=O) groups excluding carboxylic acids is 1. The van der Waals surface area contributed by atoms with Crippen LogP contribution in [0.15, 0.2) is 65.0 Å². The van der Waals surface area contributed by atoms with Gasteiger partial charge in [0.15, 0.2) is 4.80 Å². The van der Waals surface area contributed by atoms with E-state index in [-0.39, 0.29) is 5.91 Å². The summed E-state index contributed by atoms with van der Waals surface area (Å²) in [4.78, 5) is 18.7. The molecular formula is C20H20N2OS2. The number of amides is 1. The minimum atomic E-state index is -0.127. The first kappa shape index (κ1) is 17.7. The predicted molar refractivity (Wildman–Crippen MR) is 107 cm³/mol. The zero-order valence-electron chi connectivity index (χ0n) is 14.4. The lowest BCUT2D eigenvalue weighted by Gasteiger charge is -2.02. The van der Waals surface area contributed by atoms with Gasteiger partial charge in [-0.05, 0) is 36.9 Å². The van der Waals surface area contributed by atoms with E-state index in [0.717, 1.165) is 20.6 Å². The lowest BCUT2D eigenvalue weighted by Crippen LogP contribution is -2.16. The zero-order chi connectivity index (χ0) is 17.8. The van der Waals surface area contributed by atoms with Crippen LogP contribution >= 0.6 is 23.1 Å². The highest BCUT2D eigenvalue weighted by Crippen LogP contribution is 2.24. The molecule has 3 rings (SSSR count). The normalized spacial score (nSPS) is 11.8. The molecule has 5 heteroatoms. The van der Waals surface area contributed by atoms with Crippen LogP contribution in [0.3, 0.4) is 0 Å². The molecule has 3 aromatic rings. The van der Waals surface area contributed by atoms with E-state index >= 15 is 0 Å². The van der Waals surface area contributed by atoms with Gasteiger partial charge < -0.3 is 4.57 Å². The van der Waals surface area contributed by atoms with E-state index in [9.17, 15) is 4.79 Å². The highest BCUT2D eigenvalue weighted by molar-refractivity contribution is 7.98. The van der Waals surface area contributed by atoms with E-state index < -0.39 is 0 Å². The van der Waals surface area contributed by atoms with Crippen molar-refractivity contribution in [2.45, 2.75) is 24.8 Å². The number of nitrogens with zero attached hydrogens (tertiary/aromatic N) is 2. The molecule has 3 nitrogen and oxygen atoms in total. The number of allylic oxidation sites excluding steroid dienone is 1. The van der Waals surface area contributed by atoms with Crippen LogP contribution in [0.25, 0.3) is 10.2 Å². The van der Waals surface area contributed by atoms with Crippen LogP contribution in [0.1, 0.15) is 11.1 Å². The van der Waals surface area contributed by atoms with Crippen molar-refractivity contribution >= 4 is 39.2 Å². The van der Waals surface area contributed by atoms with Crippen LogP contribution in [-0.2, 0) is 17.8 Å². The Morgan fingerprint density at radius 2 is 2.04 bits per heavy atom. The van der Waals surface area contributed by atoms with E-state index in [1.165, 1.54) is 10.5 Å². The van der Waals surface area contributed by atoms with Crippen molar-refractivity contribution < 1.29 is 4.79 Å². The molecule has 0 bridgehead atoms. The van der Waals surface area contributed by atoms with Crippen molar-refractivity contribution in [1.29, 1.82) is 0 Å². The fraction of sp³-hybridized carbons (Fsp3) is 0.200. The average Bonchev–Trinajstić information content (AvgIpc) is 2.93. The molecule has 0 fully saturated rings. The number of rotatable bonds is 5. The summed E-state index contributed by atoms with van der Waals surface area (Å²) in [6.45, 7) is 6.50. The summed E-state index contributed by atoms with van der Waals surface area (Å²) in [6, 6.07) is 14.3. The third-order valence-electron chi connectivity index (χ3n) is 3.90. The fourth-order valence-electron chi connectivity index (χ4n) is 2.60. The monoisotopic (exact) mass is 368 g/mol. The van der Waals surface area contributed by atoms with Crippen molar-refractivity contribution in [3.05, 3.63) is 71.0 Å². The van der Waals surface area contributed by atoms with Crippen LogP contribution < -0.4 is 4.80 Å². The average molecular weight is 369 g/mol. The van der Waals surface area contributed by atoms with Gasteiger partial charge in [0.25, 0.3) is 5.91 Å². The highest BCUT2D eigenvalue weighted by atomic mass is 32.2. The summed E-state index contributed by atoms with van der Waals surface area (Å²) in [5.74, 6) is -0.127. The van der Waals surface area contributed by atoms with Gasteiger partial charge in [-0.25, -0.2) is 0 Å². The van der Waals surface area contributed by atoms with Crippen molar-refractivity contribution in [3.8, 4) is 0 Å². The van der Waals surface area contributed by atoms with Gasteiger partial charge >= 0.3 is 0 Å². The maximum Gasteiger partial charge on any atom is 0.252 e. The molecule has 1 heterocycles. The Labute approximate surface area is 155 Å². The molecule has 0 aliphatic rings.